The lowest BCUT2D eigenvalue weighted by Gasteiger charge is -2.21. The van der Waals surface area contributed by atoms with E-state index >= 15 is 0 Å². The molecule has 34 heavy (non-hydrogen) atoms. The van der Waals surface area contributed by atoms with Gasteiger partial charge in [-0.15, -0.1) is 0 Å². The average Bonchev–Trinajstić information content (AvgIpc) is 3.31. The minimum atomic E-state index is -0.111. The second-order valence-corrected chi connectivity index (χ2v) is 7.45. The lowest BCUT2D eigenvalue weighted by molar-refractivity contribution is -0.0987. The SMILES string of the molecule is C=O.C=O.CCOc1ccc2cc(C(=O)NCc3ccc(C)cc3)[nH]c2c1.CN1CCOCC1. The number of aryl methyl sites for hydroxylation is 1. The molecule has 2 aromatic carbocycles. The van der Waals surface area contributed by atoms with E-state index < -0.39 is 0 Å². The first kappa shape index (κ1) is 28.5. The molecule has 0 spiro atoms. The predicted octanol–water partition coefficient (Wildman–Crippen LogP) is 3.38. The maximum atomic E-state index is 12.3. The summed E-state index contributed by atoms with van der Waals surface area (Å²) in [6, 6.07) is 15.8. The zero-order chi connectivity index (χ0) is 25.3. The number of aromatic nitrogens is 1. The van der Waals surface area contributed by atoms with E-state index in [-0.39, 0.29) is 5.91 Å². The van der Waals surface area contributed by atoms with Crippen LogP contribution < -0.4 is 10.1 Å². The number of nitrogens with one attached hydrogen (secondary N) is 2. The number of aromatic amines is 1. The van der Waals surface area contributed by atoms with Crippen LogP contribution in [0, 0.1) is 6.92 Å². The number of ether oxygens (including phenoxy) is 2. The highest BCUT2D eigenvalue weighted by Crippen LogP contribution is 2.21. The summed E-state index contributed by atoms with van der Waals surface area (Å²) >= 11 is 0. The highest BCUT2D eigenvalue weighted by atomic mass is 16.5. The number of benzene rings is 2. The van der Waals surface area contributed by atoms with Crippen molar-refractivity contribution in [3.05, 3.63) is 65.4 Å². The Balaban J connectivity index is 0.000000441. The van der Waals surface area contributed by atoms with Crippen LogP contribution in [-0.4, -0.2) is 69.3 Å². The molecule has 0 unspecified atom stereocenters. The van der Waals surface area contributed by atoms with E-state index in [1.165, 1.54) is 5.56 Å². The average molecular weight is 470 g/mol. The van der Waals surface area contributed by atoms with E-state index in [0.29, 0.717) is 18.8 Å². The lowest BCUT2D eigenvalue weighted by Crippen LogP contribution is -2.32. The summed E-state index contributed by atoms with van der Waals surface area (Å²) in [5.74, 6) is 0.688. The number of carbonyl (C=O) groups excluding carboxylic acids is 3. The van der Waals surface area contributed by atoms with Gasteiger partial charge in [0.2, 0.25) is 0 Å². The van der Waals surface area contributed by atoms with Crippen molar-refractivity contribution < 1.29 is 23.9 Å². The molecule has 1 fully saturated rings. The molecule has 8 nitrogen and oxygen atoms in total. The van der Waals surface area contributed by atoms with Crippen molar-refractivity contribution >= 4 is 30.4 Å². The summed E-state index contributed by atoms with van der Waals surface area (Å²) < 4.78 is 10.6. The van der Waals surface area contributed by atoms with Crippen molar-refractivity contribution in [2.75, 3.05) is 40.0 Å². The highest BCUT2D eigenvalue weighted by molar-refractivity contribution is 5.98. The van der Waals surface area contributed by atoms with Crippen molar-refractivity contribution in [1.82, 2.24) is 15.2 Å². The van der Waals surface area contributed by atoms with Crippen molar-refractivity contribution in [2.24, 2.45) is 0 Å². The summed E-state index contributed by atoms with van der Waals surface area (Å²) in [4.78, 5) is 33.7. The Morgan fingerprint density at radius 1 is 1.06 bits per heavy atom. The maximum Gasteiger partial charge on any atom is 0.267 e. The molecule has 4 rings (SSSR count). The number of morpholine rings is 1. The fraction of sp³-hybridized carbons (Fsp3) is 0.346. The van der Waals surface area contributed by atoms with Gasteiger partial charge in [0.15, 0.2) is 0 Å². The fourth-order valence-electron chi connectivity index (χ4n) is 3.12. The Labute approximate surface area is 201 Å². The maximum absolute atomic E-state index is 12.3. The number of H-pyrrole nitrogens is 1. The highest BCUT2D eigenvalue weighted by Gasteiger charge is 2.10. The van der Waals surface area contributed by atoms with Gasteiger partial charge in [-0.2, -0.15) is 0 Å². The van der Waals surface area contributed by atoms with E-state index in [0.717, 1.165) is 48.5 Å². The zero-order valence-electron chi connectivity index (χ0n) is 20.3. The summed E-state index contributed by atoms with van der Waals surface area (Å²) in [6.45, 7) is 13.1. The van der Waals surface area contributed by atoms with E-state index in [1.807, 2.05) is 76.0 Å². The van der Waals surface area contributed by atoms with Crippen molar-refractivity contribution in [3.63, 3.8) is 0 Å². The third-order valence-corrected chi connectivity index (χ3v) is 4.96. The molecule has 2 N–H and O–H groups in total. The first-order chi connectivity index (χ1) is 16.5. The Hall–Kier alpha value is -3.49. The van der Waals surface area contributed by atoms with Gasteiger partial charge >= 0.3 is 0 Å². The molecule has 1 aromatic heterocycles. The zero-order valence-corrected chi connectivity index (χ0v) is 20.3. The number of hydrogen-bond donors (Lipinski definition) is 2. The summed E-state index contributed by atoms with van der Waals surface area (Å²) in [5.41, 5.74) is 3.75. The van der Waals surface area contributed by atoms with Crippen LogP contribution in [0.4, 0.5) is 0 Å². The third-order valence-electron chi connectivity index (χ3n) is 4.96. The molecule has 0 atom stereocenters. The molecule has 1 aliphatic rings. The molecule has 1 saturated heterocycles. The Morgan fingerprint density at radius 2 is 1.71 bits per heavy atom. The molecule has 0 radical (unpaired) electrons. The normalized spacial score (nSPS) is 12.7. The molecule has 0 saturated carbocycles. The molecule has 2 heterocycles. The summed E-state index contributed by atoms with van der Waals surface area (Å²) in [7, 11) is 2.11. The topological polar surface area (TPSA) is 101 Å². The first-order valence-corrected chi connectivity index (χ1v) is 11.0. The Kier molecular flexibility index (Phi) is 13.6. The van der Waals surface area contributed by atoms with Crippen LogP contribution in [0.5, 0.6) is 5.75 Å². The number of nitrogens with zero attached hydrogens (tertiary/aromatic N) is 1. The van der Waals surface area contributed by atoms with Crippen molar-refractivity contribution in [3.8, 4) is 5.75 Å². The fourth-order valence-corrected chi connectivity index (χ4v) is 3.12. The minimum absolute atomic E-state index is 0.111. The number of amides is 1. The van der Waals surface area contributed by atoms with Crippen LogP contribution in [0.2, 0.25) is 0 Å². The molecule has 1 aliphatic heterocycles. The number of likely N-dealkylation sites (N-methyl/N-ethyl adjacent to an activating group) is 1. The molecular weight excluding hydrogens is 434 g/mol. The molecule has 1 amide bonds. The van der Waals surface area contributed by atoms with Gasteiger partial charge in [-0.05, 0) is 44.7 Å². The van der Waals surface area contributed by atoms with Gasteiger partial charge in [-0.1, -0.05) is 29.8 Å². The second kappa shape index (κ2) is 16.2. The van der Waals surface area contributed by atoms with E-state index in [9.17, 15) is 4.79 Å². The van der Waals surface area contributed by atoms with Crippen LogP contribution in [0.1, 0.15) is 28.5 Å². The van der Waals surface area contributed by atoms with Gasteiger partial charge in [0.25, 0.3) is 5.91 Å². The third kappa shape index (κ3) is 9.56. The number of fused-ring (bicyclic) bond motifs is 1. The number of hydrogen-bond acceptors (Lipinski definition) is 6. The van der Waals surface area contributed by atoms with Gasteiger partial charge in [0, 0.05) is 36.6 Å². The first-order valence-electron chi connectivity index (χ1n) is 11.0. The standard InChI is InChI=1S/C19H20N2O2.C5H11NO.2CH2O/c1-3-23-16-9-8-15-10-18(21-17(15)11-16)19(22)20-12-14-6-4-13(2)5-7-14;1-6-2-4-7-5-3-6;2*1-2/h4-11,21H,3,12H2,1-2H3,(H,20,22);2-5H2,1H3;2*1H2. The second-order valence-electron chi connectivity index (χ2n) is 7.45. The van der Waals surface area contributed by atoms with E-state index in [4.69, 9.17) is 19.1 Å². The number of carbonyl (C=O) groups is 3. The number of rotatable bonds is 5. The lowest BCUT2D eigenvalue weighted by atomic mass is 10.1. The van der Waals surface area contributed by atoms with Gasteiger partial charge in [0.1, 0.15) is 25.0 Å². The monoisotopic (exact) mass is 469 g/mol. The summed E-state index contributed by atoms with van der Waals surface area (Å²) in [6.07, 6.45) is 0. The minimum Gasteiger partial charge on any atom is -0.494 e. The molecule has 0 bridgehead atoms. The molecular formula is C26H35N3O5. The van der Waals surface area contributed by atoms with E-state index in [2.05, 4.69) is 22.2 Å². The van der Waals surface area contributed by atoms with Gasteiger partial charge in [-0.25, -0.2) is 0 Å². The van der Waals surface area contributed by atoms with E-state index in [1.54, 1.807) is 0 Å². The Bertz CT molecular complexity index is 980. The molecule has 184 valence electrons. The van der Waals surface area contributed by atoms with Gasteiger partial charge < -0.3 is 34.3 Å². The molecule has 3 aromatic rings. The van der Waals surface area contributed by atoms with Crippen LogP contribution in [0.25, 0.3) is 10.9 Å². The smallest absolute Gasteiger partial charge is 0.267 e. The quantitative estimate of drug-likeness (QED) is 0.594. The summed E-state index contributed by atoms with van der Waals surface area (Å²) in [5, 5.41) is 3.93. The van der Waals surface area contributed by atoms with Crippen molar-refractivity contribution in [2.45, 2.75) is 20.4 Å². The van der Waals surface area contributed by atoms with Crippen molar-refractivity contribution in [1.29, 1.82) is 0 Å². The predicted molar refractivity (Wildman–Crippen MR) is 134 cm³/mol. The van der Waals surface area contributed by atoms with Crippen LogP contribution in [0.3, 0.4) is 0 Å². The molecule has 0 aliphatic carbocycles. The largest absolute Gasteiger partial charge is 0.494 e. The van der Waals surface area contributed by atoms with Crippen LogP contribution in [0.15, 0.2) is 48.5 Å². The Morgan fingerprint density at radius 3 is 2.26 bits per heavy atom. The van der Waals surface area contributed by atoms with Gasteiger partial charge in [-0.3, -0.25) is 4.79 Å². The van der Waals surface area contributed by atoms with Crippen LogP contribution in [-0.2, 0) is 20.9 Å². The van der Waals surface area contributed by atoms with Gasteiger partial charge in [0.05, 0.1) is 19.8 Å². The van der Waals surface area contributed by atoms with Crippen LogP contribution >= 0.6 is 0 Å². The molecule has 8 heteroatoms.